The standard InChI is InChI=1S/C11H13N5OS/c1-6-10(16-18-15-6)11(17)13-8-3-2-7-5-12-14-9(7)4-8/h5,8H,2-4H2,1H3,(H,12,14)(H,13,17). The van der Waals surface area contributed by atoms with E-state index in [0.29, 0.717) is 11.4 Å². The van der Waals surface area contributed by atoms with Crippen LogP contribution in [0.25, 0.3) is 0 Å². The second-order valence-electron chi connectivity index (χ2n) is 4.49. The van der Waals surface area contributed by atoms with Gasteiger partial charge in [-0.2, -0.15) is 13.8 Å². The molecule has 7 heteroatoms. The summed E-state index contributed by atoms with van der Waals surface area (Å²) in [5.74, 6) is -0.130. The highest BCUT2D eigenvalue weighted by Gasteiger charge is 2.23. The number of fused-ring (bicyclic) bond motifs is 1. The first kappa shape index (κ1) is 11.3. The number of amides is 1. The lowest BCUT2D eigenvalue weighted by atomic mass is 9.93. The highest BCUT2D eigenvalue weighted by atomic mass is 32.1. The van der Waals surface area contributed by atoms with Crippen LogP contribution in [-0.2, 0) is 12.8 Å². The second-order valence-corrected chi connectivity index (χ2v) is 5.01. The minimum atomic E-state index is -0.130. The molecule has 0 radical (unpaired) electrons. The molecule has 0 fully saturated rings. The molecule has 0 saturated heterocycles. The van der Waals surface area contributed by atoms with E-state index in [0.717, 1.165) is 36.7 Å². The van der Waals surface area contributed by atoms with E-state index in [2.05, 4.69) is 24.3 Å². The van der Waals surface area contributed by atoms with Crippen LogP contribution in [-0.4, -0.2) is 30.9 Å². The molecular weight excluding hydrogens is 250 g/mol. The lowest BCUT2D eigenvalue weighted by Crippen LogP contribution is -2.39. The van der Waals surface area contributed by atoms with Gasteiger partial charge in [0.05, 0.1) is 23.6 Å². The first-order chi connectivity index (χ1) is 8.74. The molecule has 2 heterocycles. The van der Waals surface area contributed by atoms with Gasteiger partial charge < -0.3 is 5.32 Å². The lowest BCUT2D eigenvalue weighted by Gasteiger charge is -2.22. The zero-order valence-electron chi connectivity index (χ0n) is 9.93. The van der Waals surface area contributed by atoms with Crippen LogP contribution in [0.5, 0.6) is 0 Å². The number of nitrogens with zero attached hydrogens (tertiary/aromatic N) is 3. The SMILES string of the molecule is Cc1nsnc1C(=O)NC1CCc2cn[nH]c2C1. The summed E-state index contributed by atoms with van der Waals surface area (Å²) in [4.78, 5) is 12.0. The molecule has 3 rings (SSSR count). The normalized spacial score (nSPS) is 18.4. The Balaban J connectivity index is 1.68. The summed E-state index contributed by atoms with van der Waals surface area (Å²) >= 11 is 1.07. The second kappa shape index (κ2) is 4.49. The summed E-state index contributed by atoms with van der Waals surface area (Å²) in [7, 11) is 0. The maximum Gasteiger partial charge on any atom is 0.273 e. The zero-order valence-corrected chi connectivity index (χ0v) is 10.8. The van der Waals surface area contributed by atoms with Gasteiger partial charge in [0.2, 0.25) is 0 Å². The van der Waals surface area contributed by atoms with Crippen molar-refractivity contribution < 1.29 is 4.79 Å². The molecule has 2 aromatic heterocycles. The van der Waals surface area contributed by atoms with Crippen LogP contribution in [0.1, 0.15) is 33.9 Å². The Bertz CT molecular complexity index is 576. The summed E-state index contributed by atoms with van der Waals surface area (Å²) in [5.41, 5.74) is 3.51. The first-order valence-electron chi connectivity index (χ1n) is 5.85. The number of rotatable bonds is 2. The molecule has 0 aliphatic heterocycles. The van der Waals surface area contributed by atoms with Crippen LogP contribution >= 0.6 is 11.7 Å². The van der Waals surface area contributed by atoms with Crippen LogP contribution in [0.2, 0.25) is 0 Å². The quantitative estimate of drug-likeness (QED) is 0.841. The Labute approximate surface area is 108 Å². The monoisotopic (exact) mass is 263 g/mol. The van der Waals surface area contributed by atoms with Crippen LogP contribution < -0.4 is 5.32 Å². The number of hydrogen-bond acceptors (Lipinski definition) is 5. The van der Waals surface area contributed by atoms with Crippen molar-refractivity contribution in [3.8, 4) is 0 Å². The van der Waals surface area contributed by atoms with Gasteiger partial charge in [0.1, 0.15) is 0 Å². The van der Waals surface area contributed by atoms with Crippen LogP contribution in [0, 0.1) is 6.92 Å². The summed E-state index contributed by atoms with van der Waals surface area (Å²) < 4.78 is 8.03. The van der Waals surface area contributed by atoms with Crippen molar-refractivity contribution in [1.82, 2.24) is 24.3 Å². The smallest absolute Gasteiger partial charge is 0.273 e. The van der Waals surface area contributed by atoms with Gasteiger partial charge in [-0.25, -0.2) is 0 Å². The molecule has 2 aromatic rings. The molecule has 1 aliphatic rings. The van der Waals surface area contributed by atoms with Crippen molar-refractivity contribution >= 4 is 17.6 Å². The molecule has 1 atom stereocenters. The molecule has 18 heavy (non-hydrogen) atoms. The van der Waals surface area contributed by atoms with Gasteiger partial charge in [-0.05, 0) is 25.3 Å². The Kier molecular flexibility index (Phi) is 2.83. The molecule has 1 aliphatic carbocycles. The number of nitrogens with one attached hydrogen (secondary N) is 2. The average molecular weight is 263 g/mol. The van der Waals surface area contributed by atoms with Gasteiger partial charge in [0.15, 0.2) is 5.69 Å². The average Bonchev–Trinajstić information content (AvgIpc) is 2.96. The summed E-state index contributed by atoms with van der Waals surface area (Å²) in [6.07, 6.45) is 4.56. The third-order valence-electron chi connectivity index (χ3n) is 3.22. The van der Waals surface area contributed by atoms with E-state index in [9.17, 15) is 4.79 Å². The predicted molar refractivity (Wildman–Crippen MR) is 66.5 cm³/mol. The third kappa shape index (κ3) is 2.01. The van der Waals surface area contributed by atoms with Crippen molar-refractivity contribution in [2.24, 2.45) is 0 Å². The fourth-order valence-electron chi connectivity index (χ4n) is 2.22. The number of hydrogen-bond donors (Lipinski definition) is 2. The van der Waals surface area contributed by atoms with Crippen LogP contribution in [0.4, 0.5) is 0 Å². The Morgan fingerprint density at radius 2 is 2.44 bits per heavy atom. The molecule has 2 N–H and O–H groups in total. The Morgan fingerprint density at radius 3 is 3.22 bits per heavy atom. The molecule has 0 spiro atoms. The van der Waals surface area contributed by atoms with E-state index in [1.54, 1.807) is 6.92 Å². The molecule has 0 saturated carbocycles. The highest BCUT2D eigenvalue weighted by Crippen LogP contribution is 2.19. The Morgan fingerprint density at radius 1 is 1.56 bits per heavy atom. The fourth-order valence-corrected chi connectivity index (χ4v) is 2.77. The summed E-state index contributed by atoms with van der Waals surface area (Å²) in [6, 6.07) is 0.145. The molecule has 0 bridgehead atoms. The zero-order chi connectivity index (χ0) is 12.5. The Hall–Kier alpha value is -1.76. The van der Waals surface area contributed by atoms with Gasteiger partial charge in [-0.3, -0.25) is 9.89 Å². The van der Waals surface area contributed by atoms with Gasteiger partial charge in [-0.1, -0.05) is 0 Å². The largest absolute Gasteiger partial charge is 0.347 e. The van der Waals surface area contributed by atoms with Crippen molar-refractivity contribution in [1.29, 1.82) is 0 Å². The number of carbonyl (C=O) groups is 1. The van der Waals surface area contributed by atoms with E-state index in [1.165, 1.54) is 5.56 Å². The van der Waals surface area contributed by atoms with Gasteiger partial charge in [0, 0.05) is 18.2 Å². The van der Waals surface area contributed by atoms with Crippen LogP contribution in [0.15, 0.2) is 6.20 Å². The topological polar surface area (TPSA) is 83.6 Å². The number of aryl methyl sites for hydroxylation is 2. The molecule has 94 valence electrons. The molecular formula is C11H13N5OS. The number of carbonyl (C=O) groups excluding carboxylic acids is 1. The van der Waals surface area contributed by atoms with E-state index in [4.69, 9.17) is 0 Å². The number of aromatic nitrogens is 4. The predicted octanol–water partition coefficient (Wildman–Crippen LogP) is 0.857. The van der Waals surface area contributed by atoms with Crippen molar-refractivity contribution in [3.63, 3.8) is 0 Å². The van der Waals surface area contributed by atoms with Crippen molar-refractivity contribution in [2.45, 2.75) is 32.2 Å². The molecule has 1 amide bonds. The molecule has 1 unspecified atom stereocenters. The van der Waals surface area contributed by atoms with Crippen molar-refractivity contribution in [2.75, 3.05) is 0 Å². The fraction of sp³-hybridized carbons (Fsp3) is 0.455. The highest BCUT2D eigenvalue weighted by molar-refractivity contribution is 6.99. The summed E-state index contributed by atoms with van der Waals surface area (Å²) in [6.45, 7) is 1.80. The lowest BCUT2D eigenvalue weighted by molar-refractivity contribution is 0.0928. The van der Waals surface area contributed by atoms with Gasteiger partial charge in [-0.15, -0.1) is 0 Å². The maximum atomic E-state index is 12.0. The van der Waals surface area contributed by atoms with Crippen molar-refractivity contribution in [3.05, 3.63) is 28.8 Å². The number of aromatic amines is 1. The van der Waals surface area contributed by atoms with E-state index < -0.39 is 0 Å². The van der Waals surface area contributed by atoms with Crippen LogP contribution in [0.3, 0.4) is 0 Å². The minimum Gasteiger partial charge on any atom is -0.347 e. The third-order valence-corrected chi connectivity index (χ3v) is 3.84. The first-order valence-corrected chi connectivity index (χ1v) is 6.58. The van der Waals surface area contributed by atoms with Gasteiger partial charge >= 0.3 is 0 Å². The van der Waals surface area contributed by atoms with E-state index >= 15 is 0 Å². The minimum absolute atomic E-state index is 0.130. The van der Waals surface area contributed by atoms with Gasteiger partial charge in [0.25, 0.3) is 5.91 Å². The van der Waals surface area contributed by atoms with E-state index in [-0.39, 0.29) is 11.9 Å². The summed E-state index contributed by atoms with van der Waals surface area (Å²) in [5, 5.41) is 10.0. The number of H-pyrrole nitrogens is 1. The molecule has 0 aromatic carbocycles. The molecule has 6 nitrogen and oxygen atoms in total. The maximum absolute atomic E-state index is 12.0. The van der Waals surface area contributed by atoms with E-state index in [1.807, 2.05) is 6.20 Å².